The summed E-state index contributed by atoms with van der Waals surface area (Å²) in [4.78, 5) is 2.37. The summed E-state index contributed by atoms with van der Waals surface area (Å²) in [5.74, 6) is 0. The van der Waals surface area contributed by atoms with Crippen molar-refractivity contribution in [3.63, 3.8) is 0 Å². The lowest BCUT2D eigenvalue weighted by Crippen LogP contribution is -2.30. The van der Waals surface area contributed by atoms with E-state index in [9.17, 15) is 0 Å². The number of nitrogens with zero attached hydrogens (tertiary/aromatic N) is 1. The first kappa shape index (κ1) is 6.62. The molecule has 0 aromatic carbocycles. The highest BCUT2D eigenvalue weighted by Gasteiger charge is 2.40. The van der Waals surface area contributed by atoms with Crippen LogP contribution in [0.3, 0.4) is 0 Å². The van der Waals surface area contributed by atoms with Gasteiger partial charge in [-0.25, -0.2) is 0 Å². The molecule has 2 aliphatic rings. The minimum absolute atomic E-state index is 0.286. The van der Waals surface area contributed by atoms with Gasteiger partial charge in [0.2, 0.25) is 0 Å². The van der Waals surface area contributed by atoms with Crippen LogP contribution in [0.25, 0.3) is 0 Å². The molecule has 0 amide bonds. The Kier molecular flexibility index (Phi) is 1.46. The second kappa shape index (κ2) is 2.21. The summed E-state index contributed by atoms with van der Waals surface area (Å²) in [6.07, 6.45) is 3.81. The molecule has 1 atom stereocenters. The van der Waals surface area contributed by atoms with E-state index < -0.39 is 0 Å². The van der Waals surface area contributed by atoms with Gasteiger partial charge in [0.25, 0.3) is 0 Å². The van der Waals surface area contributed by atoms with Gasteiger partial charge in [-0.15, -0.1) is 0 Å². The molecule has 0 N–H and O–H groups in total. The summed E-state index contributed by atoms with van der Waals surface area (Å²) < 4.78 is 5.73. The fourth-order valence-corrected chi connectivity index (χ4v) is 2.12. The molecule has 2 rings (SSSR count). The Labute approximate surface area is 62.2 Å². The number of hydrogen-bond acceptors (Lipinski definition) is 2. The van der Waals surface area contributed by atoms with Crippen molar-refractivity contribution in [3.05, 3.63) is 0 Å². The SMILES string of the molecule is CN1CC[C@]2(CCCO2)C1. The first-order valence-electron chi connectivity index (χ1n) is 4.13. The van der Waals surface area contributed by atoms with Crippen molar-refractivity contribution in [2.45, 2.75) is 24.9 Å². The maximum absolute atomic E-state index is 5.73. The molecular weight excluding hydrogens is 126 g/mol. The van der Waals surface area contributed by atoms with E-state index in [1.807, 2.05) is 0 Å². The zero-order chi connectivity index (χ0) is 7.03. The van der Waals surface area contributed by atoms with E-state index in [-0.39, 0.29) is 5.60 Å². The van der Waals surface area contributed by atoms with Gasteiger partial charge in [0.1, 0.15) is 0 Å². The molecule has 0 saturated carbocycles. The van der Waals surface area contributed by atoms with Crippen LogP contribution in [0.4, 0.5) is 0 Å². The fourth-order valence-electron chi connectivity index (χ4n) is 2.12. The van der Waals surface area contributed by atoms with E-state index in [0.29, 0.717) is 0 Å². The number of rotatable bonds is 0. The van der Waals surface area contributed by atoms with E-state index >= 15 is 0 Å². The average Bonchev–Trinajstić information content (AvgIpc) is 2.46. The summed E-state index contributed by atoms with van der Waals surface area (Å²) >= 11 is 0. The molecule has 0 aromatic rings. The molecule has 2 heteroatoms. The maximum atomic E-state index is 5.73. The van der Waals surface area contributed by atoms with Crippen molar-refractivity contribution in [2.24, 2.45) is 0 Å². The molecule has 0 radical (unpaired) electrons. The van der Waals surface area contributed by atoms with E-state index in [4.69, 9.17) is 4.74 Å². The highest BCUT2D eigenvalue weighted by Crippen LogP contribution is 2.33. The molecule has 2 nitrogen and oxygen atoms in total. The van der Waals surface area contributed by atoms with Crippen molar-refractivity contribution in [1.82, 2.24) is 4.90 Å². The van der Waals surface area contributed by atoms with E-state index in [2.05, 4.69) is 11.9 Å². The minimum atomic E-state index is 0.286. The maximum Gasteiger partial charge on any atom is 0.0821 e. The van der Waals surface area contributed by atoms with Crippen molar-refractivity contribution in [1.29, 1.82) is 0 Å². The van der Waals surface area contributed by atoms with Crippen LogP contribution >= 0.6 is 0 Å². The molecule has 0 aromatic heterocycles. The normalized spacial score (nSPS) is 41.7. The van der Waals surface area contributed by atoms with Crippen LogP contribution in [-0.2, 0) is 4.74 Å². The molecule has 2 aliphatic heterocycles. The van der Waals surface area contributed by atoms with Crippen molar-refractivity contribution >= 4 is 0 Å². The van der Waals surface area contributed by atoms with E-state index in [1.54, 1.807) is 0 Å². The standard InChI is InChI=1S/C8H15NO/c1-9-5-4-8(7-9)3-2-6-10-8/h2-7H2,1H3/t8-/m1/s1. The fraction of sp³-hybridized carbons (Fsp3) is 1.00. The average molecular weight is 141 g/mol. The van der Waals surface area contributed by atoms with Crippen LogP contribution in [0.1, 0.15) is 19.3 Å². The lowest BCUT2D eigenvalue weighted by Gasteiger charge is -2.21. The van der Waals surface area contributed by atoms with Crippen LogP contribution in [-0.4, -0.2) is 37.2 Å². The Balaban J connectivity index is 2.03. The topological polar surface area (TPSA) is 12.5 Å². The number of likely N-dealkylation sites (N-methyl/N-ethyl adjacent to an activating group) is 1. The monoisotopic (exact) mass is 141 g/mol. The predicted octanol–water partition coefficient (Wildman–Crippen LogP) is 0.871. The molecule has 0 bridgehead atoms. The predicted molar refractivity (Wildman–Crippen MR) is 40.0 cm³/mol. The van der Waals surface area contributed by atoms with Crippen molar-refractivity contribution in [3.8, 4) is 0 Å². The first-order valence-corrected chi connectivity index (χ1v) is 4.13. The first-order chi connectivity index (χ1) is 4.81. The number of ether oxygens (including phenoxy) is 1. The van der Waals surface area contributed by atoms with Gasteiger partial charge in [-0.05, 0) is 26.3 Å². The summed E-state index contributed by atoms with van der Waals surface area (Å²) in [6.45, 7) is 3.38. The van der Waals surface area contributed by atoms with Gasteiger partial charge in [0.05, 0.1) is 5.60 Å². The second-order valence-corrected chi connectivity index (χ2v) is 3.62. The van der Waals surface area contributed by atoms with Gasteiger partial charge < -0.3 is 9.64 Å². The van der Waals surface area contributed by atoms with Gasteiger partial charge in [-0.3, -0.25) is 0 Å². The van der Waals surface area contributed by atoms with Crippen molar-refractivity contribution in [2.75, 3.05) is 26.7 Å². The molecule has 10 heavy (non-hydrogen) atoms. The third kappa shape index (κ3) is 0.956. The highest BCUT2D eigenvalue weighted by molar-refractivity contribution is 4.93. The summed E-state index contributed by atoms with van der Waals surface area (Å²) in [5, 5.41) is 0. The number of hydrogen-bond donors (Lipinski definition) is 0. The molecule has 58 valence electrons. The van der Waals surface area contributed by atoms with Crippen LogP contribution < -0.4 is 0 Å². The Bertz CT molecular complexity index is 129. The third-order valence-electron chi connectivity index (χ3n) is 2.69. The molecule has 0 aliphatic carbocycles. The molecule has 1 spiro atoms. The minimum Gasteiger partial charge on any atom is -0.374 e. The lowest BCUT2D eigenvalue weighted by atomic mass is 10.00. The summed E-state index contributed by atoms with van der Waals surface area (Å²) in [6, 6.07) is 0. The van der Waals surface area contributed by atoms with Crippen LogP contribution in [0.2, 0.25) is 0 Å². The molecule has 0 unspecified atom stereocenters. The molecular formula is C8H15NO. The zero-order valence-electron chi connectivity index (χ0n) is 6.60. The van der Waals surface area contributed by atoms with Gasteiger partial charge >= 0.3 is 0 Å². The molecule has 2 saturated heterocycles. The van der Waals surface area contributed by atoms with E-state index in [0.717, 1.165) is 13.2 Å². The second-order valence-electron chi connectivity index (χ2n) is 3.62. The van der Waals surface area contributed by atoms with Crippen LogP contribution in [0.15, 0.2) is 0 Å². The Morgan fingerprint density at radius 3 is 2.80 bits per heavy atom. The Morgan fingerprint density at radius 1 is 1.40 bits per heavy atom. The molecule has 2 fully saturated rings. The smallest absolute Gasteiger partial charge is 0.0821 e. The van der Waals surface area contributed by atoms with Gasteiger partial charge in [0.15, 0.2) is 0 Å². The summed E-state index contributed by atoms with van der Waals surface area (Å²) in [7, 11) is 2.18. The van der Waals surface area contributed by atoms with Gasteiger partial charge in [0, 0.05) is 19.7 Å². The number of likely N-dealkylation sites (tertiary alicyclic amines) is 1. The zero-order valence-corrected chi connectivity index (χ0v) is 6.60. The summed E-state index contributed by atoms with van der Waals surface area (Å²) in [5.41, 5.74) is 0.286. The van der Waals surface area contributed by atoms with Crippen LogP contribution in [0, 0.1) is 0 Å². The van der Waals surface area contributed by atoms with E-state index in [1.165, 1.54) is 25.8 Å². The highest BCUT2D eigenvalue weighted by atomic mass is 16.5. The third-order valence-corrected chi connectivity index (χ3v) is 2.69. The quantitative estimate of drug-likeness (QED) is 0.496. The van der Waals surface area contributed by atoms with Crippen molar-refractivity contribution < 1.29 is 4.74 Å². The Morgan fingerprint density at radius 2 is 2.30 bits per heavy atom. The van der Waals surface area contributed by atoms with Gasteiger partial charge in [-0.1, -0.05) is 0 Å². The largest absolute Gasteiger partial charge is 0.374 e. The van der Waals surface area contributed by atoms with Gasteiger partial charge in [-0.2, -0.15) is 0 Å². The van der Waals surface area contributed by atoms with Crippen LogP contribution in [0.5, 0.6) is 0 Å². The Hall–Kier alpha value is -0.0800. The lowest BCUT2D eigenvalue weighted by molar-refractivity contribution is 0.0146. The molecule has 2 heterocycles.